The highest BCUT2D eigenvalue weighted by Crippen LogP contribution is 2.27. The molecule has 0 atom stereocenters. The summed E-state index contributed by atoms with van der Waals surface area (Å²) >= 11 is 0. The highest BCUT2D eigenvalue weighted by molar-refractivity contribution is 5.90. The van der Waals surface area contributed by atoms with Gasteiger partial charge in [-0.1, -0.05) is 12.1 Å². The van der Waals surface area contributed by atoms with Gasteiger partial charge in [0.1, 0.15) is 5.82 Å². The predicted molar refractivity (Wildman–Crippen MR) is 80.7 cm³/mol. The number of aromatic nitrogens is 1. The second-order valence-electron chi connectivity index (χ2n) is 4.80. The summed E-state index contributed by atoms with van der Waals surface area (Å²) in [5.74, 6) is -0.955. The quantitative estimate of drug-likeness (QED) is 0.478. The van der Waals surface area contributed by atoms with Gasteiger partial charge in [-0.15, -0.1) is 0 Å². The van der Waals surface area contributed by atoms with Crippen LogP contribution in [0.25, 0.3) is 0 Å². The van der Waals surface area contributed by atoms with E-state index in [0.29, 0.717) is 6.54 Å². The van der Waals surface area contributed by atoms with Gasteiger partial charge in [0.25, 0.3) is 0 Å². The number of anilines is 1. The number of hydrogen-bond acceptors (Lipinski definition) is 6. The second-order valence-corrected chi connectivity index (χ2v) is 4.80. The van der Waals surface area contributed by atoms with Crippen LogP contribution in [0.2, 0.25) is 0 Å². The molecule has 2 rings (SSSR count). The van der Waals surface area contributed by atoms with Gasteiger partial charge in [0.2, 0.25) is 5.82 Å². The Kier molecular flexibility index (Phi) is 4.85. The third kappa shape index (κ3) is 3.79. The number of pyridine rings is 1. The minimum absolute atomic E-state index is 0.00173. The molecular weight excluding hydrogens is 305 g/mol. The van der Waals surface area contributed by atoms with Gasteiger partial charge in [0.15, 0.2) is 0 Å². The van der Waals surface area contributed by atoms with Crippen molar-refractivity contribution in [1.82, 2.24) is 4.98 Å². The number of hydrogen-bond donors (Lipinski definition) is 0. The monoisotopic (exact) mass is 319 g/mol. The van der Waals surface area contributed by atoms with Crippen LogP contribution in [0.4, 0.5) is 15.9 Å². The maximum Gasteiger partial charge on any atom is 0.339 e. The van der Waals surface area contributed by atoms with E-state index in [0.717, 1.165) is 11.6 Å². The van der Waals surface area contributed by atoms with E-state index in [9.17, 15) is 19.3 Å². The molecule has 0 bridgehead atoms. The molecule has 0 saturated heterocycles. The number of carbonyl (C=O) groups is 1. The van der Waals surface area contributed by atoms with Gasteiger partial charge in [-0.2, -0.15) is 0 Å². The van der Waals surface area contributed by atoms with Gasteiger partial charge >= 0.3 is 11.7 Å². The van der Waals surface area contributed by atoms with E-state index in [2.05, 4.69) is 9.72 Å². The summed E-state index contributed by atoms with van der Waals surface area (Å²) < 4.78 is 17.4. The van der Waals surface area contributed by atoms with Gasteiger partial charge in [-0.3, -0.25) is 10.1 Å². The van der Waals surface area contributed by atoms with Crippen LogP contribution in [0.5, 0.6) is 0 Å². The maximum atomic E-state index is 12.9. The van der Waals surface area contributed by atoms with E-state index in [4.69, 9.17) is 0 Å². The zero-order valence-electron chi connectivity index (χ0n) is 12.5. The van der Waals surface area contributed by atoms with Crippen LogP contribution in [0.3, 0.4) is 0 Å². The Morgan fingerprint density at radius 2 is 2.04 bits per heavy atom. The summed E-state index contributed by atoms with van der Waals surface area (Å²) in [6, 6.07) is 6.91. The third-order valence-corrected chi connectivity index (χ3v) is 3.16. The molecule has 120 valence electrons. The average molecular weight is 319 g/mol. The Hall–Kier alpha value is -3.03. The fourth-order valence-electron chi connectivity index (χ4n) is 2.04. The van der Waals surface area contributed by atoms with Gasteiger partial charge in [-0.25, -0.2) is 14.2 Å². The highest BCUT2D eigenvalue weighted by Gasteiger charge is 2.22. The van der Waals surface area contributed by atoms with Gasteiger partial charge < -0.3 is 9.64 Å². The summed E-state index contributed by atoms with van der Waals surface area (Å²) in [6.45, 7) is 0.297. The molecule has 0 aliphatic rings. The zero-order chi connectivity index (χ0) is 17.0. The number of halogens is 1. The van der Waals surface area contributed by atoms with Crippen molar-refractivity contribution in [3.63, 3.8) is 0 Å². The van der Waals surface area contributed by atoms with Gasteiger partial charge in [-0.05, 0) is 17.7 Å². The van der Waals surface area contributed by atoms with Crippen molar-refractivity contribution in [1.29, 1.82) is 0 Å². The van der Waals surface area contributed by atoms with Crippen molar-refractivity contribution < 1.29 is 18.8 Å². The topological polar surface area (TPSA) is 85.6 Å². The molecule has 0 N–H and O–H groups in total. The Labute approximate surface area is 131 Å². The van der Waals surface area contributed by atoms with Crippen LogP contribution in [0, 0.1) is 15.9 Å². The first-order chi connectivity index (χ1) is 10.9. The van der Waals surface area contributed by atoms with E-state index < -0.39 is 10.9 Å². The summed E-state index contributed by atoms with van der Waals surface area (Å²) in [4.78, 5) is 27.6. The fourth-order valence-corrected chi connectivity index (χ4v) is 2.04. The Balaban J connectivity index is 2.31. The van der Waals surface area contributed by atoms with E-state index >= 15 is 0 Å². The lowest BCUT2D eigenvalue weighted by Gasteiger charge is -2.18. The summed E-state index contributed by atoms with van der Waals surface area (Å²) in [5.41, 5.74) is 0.456. The van der Waals surface area contributed by atoms with Crippen molar-refractivity contribution >= 4 is 17.5 Å². The number of carbonyl (C=O) groups excluding carboxylic acids is 1. The first-order valence-electron chi connectivity index (χ1n) is 6.60. The molecule has 0 amide bonds. The standard InChI is InChI=1S/C15H14FN3O4/c1-18(9-10-3-5-12(16)6-4-10)14-13(19(21)22)7-11(8-17-14)15(20)23-2/h3-8H,9H2,1-2H3. The molecule has 0 spiro atoms. The Morgan fingerprint density at radius 1 is 1.39 bits per heavy atom. The van der Waals surface area contributed by atoms with Crippen molar-refractivity contribution in [2.75, 3.05) is 19.1 Å². The number of ether oxygens (including phenoxy) is 1. The van der Waals surface area contributed by atoms with Crippen LogP contribution >= 0.6 is 0 Å². The minimum atomic E-state index is -0.701. The van der Waals surface area contributed by atoms with Crippen molar-refractivity contribution in [3.8, 4) is 0 Å². The molecule has 0 saturated carbocycles. The second kappa shape index (κ2) is 6.82. The van der Waals surface area contributed by atoms with Crippen molar-refractivity contribution in [3.05, 3.63) is 63.6 Å². The van der Waals surface area contributed by atoms with Crippen LogP contribution in [0.1, 0.15) is 15.9 Å². The molecule has 0 radical (unpaired) electrons. The van der Waals surface area contributed by atoms with Gasteiger partial charge in [0, 0.05) is 25.9 Å². The molecule has 0 aliphatic carbocycles. The smallest absolute Gasteiger partial charge is 0.339 e. The SMILES string of the molecule is COC(=O)c1cnc(N(C)Cc2ccc(F)cc2)c([N+](=O)[O-])c1. The number of esters is 1. The summed E-state index contributed by atoms with van der Waals surface area (Å²) in [5, 5.41) is 11.2. The van der Waals surface area contributed by atoms with E-state index in [-0.39, 0.29) is 22.9 Å². The Morgan fingerprint density at radius 3 is 2.61 bits per heavy atom. The molecule has 2 aromatic rings. The lowest BCUT2D eigenvalue weighted by molar-refractivity contribution is -0.384. The molecule has 8 heteroatoms. The number of methoxy groups -OCH3 is 1. The minimum Gasteiger partial charge on any atom is -0.465 e. The predicted octanol–water partition coefficient (Wildman–Crippen LogP) is 2.55. The molecule has 1 heterocycles. The van der Waals surface area contributed by atoms with Crippen LogP contribution in [-0.4, -0.2) is 30.0 Å². The summed E-state index contributed by atoms with van der Waals surface area (Å²) in [7, 11) is 2.80. The molecule has 0 fully saturated rings. The lowest BCUT2D eigenvalue weighted by atomic mass is 10.2. The average Bonchev–Trinajstić information content (AvgIpc) is 2.55. The number of nitro groups is 1. The molecule has 1 aromatic carbocycles. The molecule has 0 unspecified atom stereocenters. The van der Waals surface area contributed by atoms with E-state index in [1.807, 2.05) is 0 Å². The number of rotatable bonds is 5. The van der Waals surface area contributed by atoms with Gasteiger partial charge in [0.05, 0.1) is 17.6 Å². The molecule has 1 aromatic heterocycles. The highest BCUT2D eigenvalue weighted by atomic mass is 19.1. The van der Waals surface area contributed by atoms with Crippen LogP contribution in [-0.2, 0) is 11.3 Å². The molecular formula is C15H14FN3O4. The van der Waals surface area contributed by atoms with Crippen molar-refractivity contribution in [2.24, 2.45) is 0 Å². The molecule has 0 aliphatic heterocycles. The van der Waals surface area contributed by atoms with E-state index in [1.165, 1.54) is 25.4 Å². The first-order valence-corrected chi connectivity index (χ1v) is 6.60. The molecule has 7 nitrogen and oxygen atoms in total. The third-order valence-electron chi connectivity index (χ3n) is 3.16. The lowest BCUT2D eigenvalue weighted by Crippen LogP contribution is -2.19. The van der Waals surface area contributed by atoms with E-state index in [1.54, 1.807) is 24.1 Å². The fraction of sp³-hybridized carbons (Fsp3) is 0.200. The summed E-state index contributed by atoms with van der Waals surface area (Å²) in [6.07, 6.45) is 1.22. The Bertz CT molecular complexity index is 734. The first kappa shape index (κ1) is 16.3. The number of benzene rings is 1. The molecule has 23 heavy (non-hydrogen) atoms. The zero-order valence-corrected chi connectivity index (χ0v) is 12.5. The largest absolute Gasteiger partial charge is 0.465 e. The van der Waals surface area contributed by atoms with Crippen LogP contribution < -0.4 is 4.90 Å². The van der Waals surface area contributed by atoms with Crippen molar-refractivity contribution in [2.45, 2.75) is 6.54 Å². The maximum absolute atomic E-state index is 12.9. The normalized spacial score (nSPS) is 10.2. The van der Waals surface area contributed by atoms with Crippen LogP contribution in [0.15, 0.2) is 36.5 Å². The number of nitrogens with zero attached hydrogens (tertiary/aromatic N) is 3.